The molecule has 1 unspecified atom stereocenters. The van der Waals surface area contributed by atoms with E-state index in [9.17, 15) is 14.7 Å². The zero-order valence-corrected chi connectivity index (χ0v) is 20.7. The number of esters is 1. The fourth-order valence-corrected chi connectivity index (χ4v) is 5.03. The molecule has 7 heteroatoms. The van der Waals surface area contributed by atoms with Crippen LogP contribution in [0.5, 0.6) is 17.2 Å². The first-order valence-corrected chi connectivity index (χ1v) is 11.8. The van der Waals surface area contributed by atoms with Gasteiger partial charge < -0.3 is 19.3 Å². The highest BCUT2D eigenvalue weighted by molar-refractivity contribution is 6.09. The number of hydrogen-bond donors (Lipinski definition) is 1. The second-order valence-electron chi connectivity index (χ2n) is 9.29. The van der Waals surface area contributed by atoms with E-state index in [0.717, 1.165) is 11.3 Å². The fraction of sp³-hybridized carbons (Fsp3) is 0.393. The number of carbonyl (C=O) groups is 2. The number of ketones is 1. The van der Waals surface area contributed by atoms with E-state index in [4.69, 9.17) is 19.2 Å². The summed E-state index contributed by atoms with van der Waals surface area (Å²) in [5, 5.41) is 10.1. The van der Waals surface area contributed by atoms with Gasteiger partial charge in [-0.2, -0.15) is 0 Å². The minimum absolute atomic E-state index is 0.0116. The smallest absolute Gasteiger partial charge is 0.315 e. The number of rotatable bonds is 6. The predicted octanol–water partition coefficient (Wildman–Crippen LogP) is 4.94. The van der Waals surface area contributed by atoms with Gasteiger partial charge in [0.25, 0.3) is 0 Å². The number of allylic oxidation sites excluding steroid dienone is 2. The number of ether oxygens (including phenoxy) is 3. The maximum absolute atomic E-state index is 13.7. The second kappa shape index (κ2) is 9.94. The summed E-state index contributed by atoms with van der Waals surface area (Å²) < 4.78 is 16.1. The lowest BCUT2D eigenvalue weighted by molar-refractivity contribution is -0.150. The lowest BCUT2D eigenvalue weighted by atomic mass is 9.69. The molecule has 1 aliphatic heterocycles. The standard InChI is InChI=1S/C28H31NO6/c1-15(2)35-28(32)25-16(3)29-21-12-19(17-6-9-20(33-4)10-7-17)13-23(31)27(21)26(25)18-8-11-22(30)24(14-18)34-5/h6-11,14-15,19,25-26,30H,12-13H2,1-5H3/t19-,25?,26-/m1/s1. The zero-order chi connectivity index (χ0) is 25.3. The van der Waals surface area contributed by atoms with Crippen molar-refractivity contribution in [3.8, 4) is 17.2 Å². The molecule has 2 aromatic rings. The number of nitrogens with zero attached hydrogens (tertiary/aromatic N) is 1. The molecular weight excluding hydrogens is 446 g/mol. The number of Topliss-reactive ketones (excluding diaryl/α,β-unsaturated/α-hetero) is 1. The van der Waals surface area contributed by atoms with Crippen LogP contribution in [0.4, 0.5) is 0 Å². The van der Waals surface area contributed by atoms with Gasteiger partial charge in [-0.05, 0) is 68.5 Å². The average Bonchev–Trinajstić information content (AvgIpc) is 2.83. The monoisotopic (exact) mass is 477 g/mol. The van der Waals surface area contributed by atoms with Gasteiger partial charge in [0.2, 0.25) is 0 Å². The van der Waals surface area contributed by atoms with Crippen molar-refractivity contribution < 1.29 is 28.9 Å². The molecular formula is C28H31NO6. The molecule has 0 amide bonds. The molecule has 2 aromatic carbocycles. The van der Waals surface area contributed by atoms with E-state index in [1.807, 2.05) is 31.2 Å². The first kappa shape index (κ1) is 24.5. The summed E-state index contributed by atoms with van der Waals surface area (Å²) in [5.74, 6) is -0.771. The number of aromatic hydroxyl groups is 1. The van der Waals surface area contributed by atoms with E-state index in [-0.39, 0.29) is 29.3 Å². The third kappa shape index (κ3) is 4.81. The van der Waals surface area contributed by atoms with Crippen LogP contribution in [0.1, 0.15) is 56.6 Å². The van der Waals surface area contributed by atoms with Gasteiger partial charge in [0.1, 0.15) is 11.7 Å². The van der Waals surface area contributed by atoms with E-state index in [0.29, 0.717) is 35.4 Å². The Balaban J connectivity index is 1.79. The van der Waals surface area contributed by atoms with E-state index in [1.54, 1.807) is 33.1 Å². The topological polar surface area (TPSA) is 94.4 Å². The highest BCUT2D eigenvalue weighted by atomic mass is 16.5. The Morgan fingerprint density at radius 1 is 1.03 bits per heavy atom. The molecule has 7 nitrogen and oxygen atoms in total. The maximum Gasteiger partial charge on any atom is 0.315 e. The Labute approximate surface area is 205 Å². The van der Waals surface area contributed by atoms with Crippen molar-refractivity contribution in [2.75, 3.05) is 14.2 Å². The van der Waals surface area contributed by atoms with Crippen LogP contribution < -0.4 is 9.47 Å². The fourth-order valence-electron chi connectivity index (χ4n) is 5.03. The van der Waals surface area contributed by atoms with Crippen molar-refractivity contribution in [3.63, 3.8) is 0 Å². The van der Waals surface area contributed by atoms with Gasteiger partial charge in [-0.25, -0.2) is 0 Å². The first-order valence-electron chi connectivity index (χ1n) is 11.8. The van der Waals surface area contributed by atoms with Gasteiger partial charge in [0.15, 0.2) is 17.3 Å². The molecule has 1 N–H and O–H groups in total. The second-order valence-corrected chi connectivity index (χ2v) is 9.29. The summed E-state index contributed by atoms with van der Waals surface area (Å²) in [7, 11) is 3.09. The van der Waals surface area contributed by atoms with Crippen molar-refractivity contribution in [3.05, 3.63) is 64.9 Å². The maximum atomic E-state index is 13.7. The van der Waals surface area contributed by atoms with E-state index in [2.05, 4.69) is 0 Å². The predicted molar refractivity (Wildman–Crippen MR) is 132 cm³/mol. The molecule has 0 saturated heterocycles. The van der Waals surface area contributed by atoms with E-state index < -0.39 is 17.8 Å². The Kier molecular flexibility index (Phi) is 6.96. The summed E-state index contributed by atoms with van der Waals surface area (Å²) >= 11 is 0. The van der Waals surface area contributed by atoms with E-state index in [1.165, 1.54) is 13.2 Å². The molecule has 0 saturated carbocycles. The minimum atomic E-state index is -0.744. The number of hydrogen-bond acceptors (Lipinski definition) is 7. The largest absolute Gasteiger partial charge is 0.504 e. The lowest BCUT2D eigenvalue weighted by Crippen LogP contribution is -2.38. The van der Waals surface area contributed by atoms with Crippen LogP contribution in [-0.2, 0) is 14.3 Å². The molecule has 0 aromatic heterocycles. The summed E-state index contributed by atoms with van der Waals surface area (Å²) in [6.45, 7) is 5.39. The van der Waals surface area contributed by atoms with E-state index >= 15 is 0 Å². The van der Waals surface area contributed by atoms with Crippen LogP contribution >= 0.6 is 0 Å². The summed E-state index contributed by atoms with van der Waals surface area (Å²) in [6.07, 6.45) is 0.599. The number of phenolic OH excluding ortho intramolecular Hbond substituents is 1. The molecule has 0 bridgehead atoms. The number of carbonyl (C=O) groups excluding carboxylic acids is 2. The van der Waals surface area contributed by atoms with Gasteiger partial charge in [-0.3, -0.25) is 14.6 Å². The molecule has 0 radical (unpaired) electrons. The Bertz CT molecular complexity index is 1190. The molecule has 1 heterocycles. The molecule has 184 valence electrons. The van der Waals surface area contributed by atoms with Gasteiger partial charge in [0, 0.05) is 29.3 Å². The quantitative estimate of drug-likeness (QED) is 0.593. The van der Waals surface area contributed by atoms with Crippen molar-refractivity contribution in [2.24, 2.45) is 10.9 Å². The number of aliphatic imine (C=N–C) groups is 1. The van der Waals surface area contributed by atoms with Gasteiger partial charge in [-0.15, -0.1) is 0 Å². The van der Waals surface area contributed by atoms with Crippen LogP contribution in [0.3, 0.4) is 0 Å². The number of phenols is 1. The molecule has 0 fully saturated rings. The highest BCUT2D eigenvalue weighted by Crippen LogP contribution is 2.48. The molecule has 1 aliphatic carbocycles. The zero-order valence-electron chi connectivity index (χ0n) is 20.7. The molecule has 3 atom stereocenters. The number of benzene rings is 2. The average molecular weight is 478 g/mol. The van der Waals surface area contributed by atoms with Crippen LogP contribution in [0.2, 0.25) is 0 Å². The Morgan fingerprint density at radius 3 is 2.34 bits per heavy atom. The molecule has 0 spiro atoms. The normalized spacial score (nSPS) is 21.9. The van der Waals surface area contributed by atoms with Crippen molar-refractivity contribution >= 4 is 17.5 Å². The van der Waals surface area contributed by atoms with Gasteiger partial charge in [-0.1, -0.05) is 18.2 Å². The Hall–Kier alpha value is -3.61. The molecule has 2 aliphatic rings. The van der Waals surface area contributed by atoms with Gasteiger partial charge >= 0.3 is 5.97 Å². The van der Waals surface area contributed by atoms with Crippen molar-refractivity contribution in [2.45, 2.75) is 51.6 Å². The van der Waals surface area contributed by atoms with Gasteiger partial charge in [0.05, 0.1) is 20.3 Å². The first-order chi connectivity index (χ1) is 16.7. The third-order valence-corrected chi connectivity index (χ3v) is 6.64. The van der Waals surface area contributed by atoms with Crippen LogP contribution in [0, 0.1) is 5.92 Å². The summed E-state index contributed by atoms with van der Waals surface area (Å²) in [4.78, 5) is 31.7. The summed E-state index contributed by atoms with van der Waals surface area (Å²) in [6, 6.07) is 12.7. The van der Waals surface area contributed by atoms with Crippen LogP contribution in [0.15, 0.2) is 58.7 Å². The molecule has 35 heavy (non-hydrogen) atoms. The highest BCUT2D eigenvalue weighted by Gasteiger charge is 2.45. The van der Waals surface area contributed by atoms with Crippen molar-refractivity contribution in [1.82, 2.24) is 0 Å². The number of methoxy groups -OCH3 is 2. The SMILES string of the molecule is COc1ccc([C@H]2CC(=O)C3=C(C2)N=C(C)C(C(=O)OC(C)C)[C@H]3c2ccc(O)c(OC)c2)cc1. The lowest BCUT2D eigenvalue weighted by Gasteiger charge is -2.37. The Morgan fingerprint density at radius 2 is 1.71 bits per heavy atom. The summed E-state index contributed by atoms with van der Waals surface area (Å²) in [5.41, 5.74) is 3.59. The van der Waals surface area contributed by atoms with Crippen molar-refractivity contribution in [1.29, 1.82) is 0 Å². The molecule has 4 rings (SSSR count). The van der Waals surface area contributed by atoms with Crippen LogP contribution in [0.25, 0.3) is 0 Å². The van der Waals surface area contributed by atoms with Crippen LogP contribution in [-0.4, -0.2) is 42.9 Å². The minimum Gasteiger partial charge on any atom is -0.504 e. The third-order valence-electron chi connectivity index (χ3n) is 6.64.